The van der Waals surface area contributed by atoms with Gasteiger partial charge in [0.05, 0.1) is 16.9 Å². The van der Waals surface area contributed by atoms with Crippen LogP contribution in [0.5, 0.6) is 0 Å². The maximum Gasteiger partial charge on any atom is 0.416 e. The highest BCUT2D eigenvalue weighted by Gasteiger charge is 2.49. The number of carbonyl (C=O) groups excluding carboxylic acids is 1. The molecule has 3 fully saturated rings. The Morgan fingerprint density at radius 3 is 2.40 bits per heavy atom. The van der Waals surface area contributed by atoms with Crippen molar-refractivity contribution in [3.05, 3.63) is 53.3 Å². The summed E-state index contributed by atoms with van der Waals surface area (Å²) in [6, 6.07) is 9.30. The number of nitrogens with zero attached hydrogens (tertiary/aromatic N) is 4. The molecule has 1 amide bonds. The average molecular weight is 484 g/mol. The second-order valence-electron chi connectivity index (χ2n) is 10.1. The number of nitrogens with one attached hydrogen (secondary N) is 1. The summed E-state index contributed by atoms with van der Waals surface area (Å²) >= 11 is 0. The zero-order valence-corrected chi connectivity index (χ0v) is 19.4. The van der Waals surface area contributed by atoms with E-state index in [1.54, 1.807) is 12.1 Å². The molecule has 4 heterocycles. The van der Waals surface area contributed by atoms with Crippen molar-refractivity contribution in [3.8, 4) is 0 Å². The van der Waals surface area contributed by atoms with Crippen molar-refractivity contribution in [1.29, 1.82) is 0 Å². The van der Waals surface area contributed by atoms with Crippen LogP contribution in [0.1, 0.15) is 55.5 Å². The molecule has 9 heteroatoms. The zero-order valence-electron chi connectivity index (χ0n) is 19.4. The van der Waals surface area contributed by atoms with Crippen molar-refractivity contribution in [3.63, 3.8) is 0 Å². The van der Waals surface area contributed by atoms with Gasteiger partial charge >= 0.3 is 6.18 Å². The number of alkyl halides is 3. The first kappa shape index (κ1) is 22.4. The largest absolute Gasteiger partial charge is 0.416 e. The van der Waals surface area contributed by atoms with E-state index in [0.717, 1.165) is 93.0 Å². The molecule has 2 saturated heterocycles. The monoisotopic (exact) mass is 483 g/mol. The van der Waals surface area contributed by atoms with Crippen molar-refractivity contribution in [2.45, 2.75) is 50.1 Å². The standard InChI is InChI=1S/C26H28F3N5O/c27-26(28,29)19-7-5-18(6-8-19)25(11-12-25)24-30-20-9-10-21(31-22(20)32-24)34-15-3-4-17(16-34)23(35)33-13-1-2-14-33/h5-10,17H,1-4,11-16H2,(H,30,31,32)/t17-/m1/s1. The molecule has 184 valence electrons. The number of fused-ring (bicyclic) bond motifs is 1. The number of amides is 1. The van der Waals surface area contributed by atoms with Crippen LogP contribution < -0.4 is 4.90 Å². The summed E-state index contributed by atoms with van der Waals surface area (Å²) in [6.45, 7) is 3.28. The third-order valence-electron chi connectivity index (χ3n) is 7.81. The lowest BCUT2D eigenvalue weighted by molar-refractivity contribution is -0.137. The van der Waals surface area contributed by atoms with Crippen LogP contribution in [-0.2, 0) is 16.4 Å². The van der Waals surface area contributed by atoms with Gasteiger partial charge in [-0.3, -0.25) is 4.79 Å². The first-order valence-corrected chi connectivity index (χ1v) is 12.4. The quantitative estimate of drug-likeness (QED) is 0.574. The first-order chi connectivity index (χ1) is 16.8. The number of aromatic amines is 1. The van der Waals surface area contributed by atoms with Crippen molar-refractivity contribution in [1.82, 2.24) is 19.9 Å². The molecule has 3 aromatic rings. The van der Waals surface area contributed by atoms with Crippen LogP contribution in [-0.4, -0.2) is 51.9 Å². The number of likely N-dealkylation sites (tertiary alicyclic amines) is 1. The van der Waals surface area contributed by atoms with Crippen molar-refractivity contribution in [2.24, 2.45) is 5.92 Å². The van der Waals surface area contributed by atoms with E-state index in [9.17, 15) is 18.0 Å². The van der Waals surface area contributed by atoms with Crippen LogP contribution in [0.2, 0.25) is 0 Å². The molecule has 2 aromatic heterocycles. The van der Waals surface area contributed by atoms with Gasteiger partial charge in [0, 0.05) is 26.2 Å². The van der Waals surface area contributed by atoms with Crippen LogP contribution in [0.4, 0.5) is 19.0 Å². The third kappa shape index (κ3) is 4.04. The number of carbonyl (C=O) groups is 1. The molecule has 35 heavy (non-hydrogen) atoms. The smallest absolute Gasteiger partial charge is 0.356 e. The van der Waals surface area contributed by atoms with E-state index in [4.69, 9.17) is 9.97 Å². The molecule has 1 aliphatic carbocycles. The summed E-state index contributed by atoms with van der Waals surface area (Å²) in [6.07, 6.45) is 1.37. The van der Waals surface area contributed by atoms with Gasteiger partial charge in [0.15, 0.2) is 5.65 Å². The number of H-pyrrole nitrogens is 1. The van der Waals surface area contributed by atoms with Crippen LogP contribution >= 0.6 is 0 Å². The minimum absolute atomic E-state index is 0.00563. The van der Waals surface area contributed by atoms with Gasteiger partial charge in [-0.05, 0) is 68.4 Å². The van der Waals surface area contributed by atoms with E-state index in [2.05, 4.69) is 9.88 Å². The number of halogens is 3. The predicted octanol–water partition coefficient (Wildman–Crippen LogP) is 4.90. The molecule has 0 unspecified atom stereocenters. The molecular weight excluding hydrogens is 455 g/mol. The fourth-order valence-electron chi connectivity index (χ4n) is 5.63. The maximum absolute atomic E-state index is 13.0. The van der Waals surface area contributed by atoms with Gasteiger partial charge in [0.1, 0.15) is 17.2 Å². The average Bonchev–Trinajstić information content (AvgIpc) is 3.27. The molecule has 0 radical (unpaired) electrons. The summed E-state index contributed by atoms with van der Waals surface area (Å²) in [5.41, 5.74) is 1.22. The lowest BCUT2D eigenvalue weighted by Gasteiger charge is -2.34. The Bertz CT molecular complexity index is 1240. The number of anilines is 1. The molecule has 6 rings (SSSR count). The summed E-state index contributed by atoms with van der Waals surface area (Å²) in [7, 11) is 0. The van der Waals surface area contributed by atoms with Gasteiger partial charge in [0.2, 0.25) is 5.91 Å². The van der Waals surface area contributed by atoms with E-state index >= 15 is 0 Å². The molecule has 1 aromatic carbocycles. The zero-order chi connectivity index (χ0) is 24.2. The number of hydrogen-bond acceptors (Lipinski definition) is 4. The van der Waals surface area contributed by atoms with E-state index in [1.807, 2.05) is 17.0 Å². The van der Waals surface area contributed by atoms with Crippen LogP contribution in [0, 0.1) is 5.92 Å². The third-order valence-corrected chi connectivity index (χ3v) is 7.81. The lowest BCUT2D eigenvalue weighted by atomic mass is 9.94. The summed E-state index contributed by atoms with van der Waals surface area (Å²) in [5.74, 6) is 1.85. The van der Waals surface area contributed by atoms with Gasteiger partial charge in [-0.2, -0.15) is 13.2 Å². The van der Waals surface area contributed by atoms with E-state index in [1.165, 1.54) is 0 Å². The SMILES string of the molecule is O=C([C@@H]1CCCN(c2ccc3nc(C4(c5ccc(C(F)(F)F)cc5)CC4)[nH]c3n2)C1)N1CCCC1. The Morgan fingerprint density at radius 1 is 0.971 bits per heavy atom. The van der Waals surface area contributed by atoms with Crippen LogP contribution in [0.25, 0.3) is 11.2 Å². The van der Waals surface area contributed by atoms with Gasteiger partial charge in [0.25, 0.3) is 0 Å². The van der Waals surface area contributed by atoms with Crippen molar-refractivity contribution in [2.75, 3.05) is 31.1 Å². The van der Waals surface area contributed by atoms with Gasteiger partial charge < -0.3 is 14.8 Å². The highest BCUT2D eigenvalue weighted by Crippen LogP contribution is 2.53. The van der Waals surface area contributed by atoms with Gasteiger partial charge in [-0.25, -0.2) is 9.97 Å². The highest BCUT2D eigenvalue weighted by molar-refractivity contribution is 5.80. The van der Waals surface area contributed by atoms with Gasteiger partial charge in [-0.15, -0.1) is 0 Å². The number of imidazole rings is 1. The lowest BCUT2D eigenvalue weighted by Crippen LogP contribution is -2.44. The van der Waals surface area contributed by atoms with Crippen LogP contribution in [0.3, 0.4) is 0 Å². The molecule has 2 aliphatic heterocycles. The fourth-order valence-corrected chi connectivity index (χ4v) is 5.63. The maximum atomic E-state index is 13.0. The Labute approximate surface area is 201 Å². The van der Waals surface area contributed by atoms with Crippen molar-refractivity contribution < 1.29 is 18.0 Å². The van der Waals surface area contributed by atoms with Crippen LogP contribution in [0.15, 0.2) is 36.4 Å². The number of piperidine rings is 1. The normalized spacial score (nSPS) is 22.1. The molecule has 1 atom stereocenters. The second kappa shape index (κ2) is 8.24. The highest BCUT2D eigenvalue weighted by atomic mass is 19.4. The molecule has 6 nitrogen and oxygen atoms in total. The molecular formula is C26H28F3N5O. The minimum Gasteiger partial charge on any atom is -0.356 e. The molecule has 0 bridgehead atoms. The summed E-state index contributed by atoms with van der Waals surface area (Å²) in [4.78, 5) is 30.0. The first-order valence-electron chi connectivity index (χ1n) is 12.4. The molecule has 1 saturated carbocycles. The number of rotatable bonds is 4. The Balaban J connectivity index is 1.23. The molecule has 1 N–H and O–H groups in total. The summed E-state index contributed by atoms with van der Waals surface area (Å²) < 4.78 is 38.9. The number of hydrogen-bond donors (Lipinski definition) is 1. The number of aromatic nitrogens is 3. The van der Waals surface area contributed by atoms with E-state index < -0.39 is 11.7 Å². The molecule has 0 spiro atoms. The number of benzene rings is 1. The number of pyridine rings is 1. The fraction of sp³-hybridized carbons (Fsp3) is 0.500. The Hall–Kier alpha value is -3.10. The van der Waals surface area contributed by atoms with Gasteiger partial charge in [-0.1, -0.05) is 12.1 Å². The minimum atomic E-state index is -4.35. The van der Waals surface area contributed by atoms with E-state index in [0.29, 0.717) is 12.2 Å². The topological polar surface area (TPSA) is 65.1 Å². The summed E-state index contributed by atoms with van der Waals surface area (Å²) in [5, 5.41) is 0. The molecule has 3 aliphatic rings. The Kier molecular flexibility index (Phi) is 5.27. The second-order valence-corrected chi connectivity index (χ2v) is 10.1. The van der Waals surface area contributed by atoms with Crippen molar-refractivity contribution >= 4 is 22.9 Å². The predicted molar refractivity (Wildman–Crippen MR) is 126 cm³/mol. The van der Waals surface area contributed by atoms with E-state index in [-0.39, 0.29) is 17.2 Å². The Morgan fingerprint density at radius 2 is 1.71 bits per heavy atom.